The smallest absolute Gasteiger partial charge is 0.255 e. The molecule has 1 aliphatic heterocycles. The van der Waals surface area contributed by atoms with E-state index in [1.165, 1.54) is 25.7 Å². The van der Waals surface area contributed by atoms with Gasteiger partial charge in [-0.3, -0.25) is 4.79 Å². The van der Waals surface area contributed by atoms with Crippen LogP contribution in [0, 0.1) is 23.2 Å². The summed E-state index contributed by atoms with van der Waals surface area (Å²) in [6.45, 7) is 11.3. The number of nitrogens with zero attached hydrogens (tertiary/aromatic N) is 6. The van der Waals surface area contributed by atoms with Crippen LogP contribution in [0.15, 0.2) is 30.5 Å². The van der Waals surface area contributed by atoms with Crippen LogP contribution in [0.1, 0.15) is 70.2 Å². The predicted octanol–water partition coefficient (Wildman–Crippen LogP) is 5.50. The number of imidazole rings is 1. The highest BCUT2D eigenvalue weighted by Gasteiger charge is 2.39. The number of carbonyl (C=O) groups is 1. The van der Waals surface area contributed by atoms with Crippen molar-refractivity contribution in [2.24, 2.45) is 28.9 Å². The lowest BCUT2D eigenvalue weighted by Crippen LogP contribution is -2.41. The minimum atomic E-state index is -0.0146. The highest BCUT2D eigenvalue weighted by molar-refractivity contribution is 5.97. The van der Waals surface area contributed by atoms with Crippen LogP contribution in [0.2, 0.25) is 0 Å². The van der Waals surface area contributed by atoms with Crippen molar-refractivity contribution < 1.29 is 9.53 Å². The summed E-state index contributed by atoms with van der Waals surface area (Å²) in [5.74, 6) is 3.03. The number of nitrogens with two attached hydrogens (primary N) is 1. The number of aromatic nitrogens is 5. The van der Waals surface area contributed by atoms with Gasteiger partial charge in [0.2, 0.25) is 5.88 Å². The molecule has 1 saturated heterocycles. The Hall–Kier alpha value is -3.46. The number of rotatable bonds is 8. The maximum Gasteiger partial charge on any atom is 0.255 e. The SMILES string of the molecule is CC[C@@H]1CN(C(=O)c2cnc3c(c2)nc(-c2cc4ccc(OC)nc4n2CC2CC2)n3CC2CC(C)(C)C2)[C@H](C)[C@@H]1N. The second-order valence-corrected chi connectivity index (χ2v) is 13.8. The molecule has 5 heterocycles. The largest absolute Gasteiger partial charge is 0.481 e. The quantitative estimate of drug-likeness (QED) is 0.301. The number of methoxy groups -OCH3 is 1. The van der Waals surface area contributed by atoms with Gasteiger partial charge in [-0.25, -0.2) is 9.97 Å². The van der Waals surface area contributed by atoms with Crippen molar-refractivity contribution in [3.8, 4) is 17.4 Å². The van der Waals surface area contributed by atoms with E-state index in [0.717, 1.165) is 53.2 Å². The molecule has 9 heteroatoms. The van der Waals surface area contributed by atoms with Crippen LogP contribution in [-0.2, 0) is 13.1 Å². The number of likely N-dealkylation sites (tertiary alicyclic amines) is 1. The van der Waals surface area contributed by atoms with Crippen LogP contribution < -0.4 is 10.5 Å². The summed E-state index contributed by atoms with van der Waals surface area (Å²) >= 11 is 0. The maximum atomic E-state index is 13.7. The van der Waals surface area contributed by atoms with Crippen molar-refractivity contribution in [2.45, 2.75) is 85.0 Å². The summed E-state index contributed by atoms with van der Waals surface area (Å²) in [6.07, 6.45) is 7.54. The molecule has 0 aromatic carbocycles. The van der Waals surface area contributed by atoms with E-state index in [2.05, 4.69) is 49.0 Å². The van der Waals surface area contributed by atoms with E-state index >= 15 is 0 Å². The first-order chi connectivity index (χ1) is 20.2. The fourth-order valence-corrected chi connectivity index (χ4v) is 7.52. The molecule has 2 aliphatic carbocycles. The Morgan fingerprint density at radius 1 is 1.07 bits per heavy atom. The molecule has 222 valence electrons. The molecule has 0 radical (unpaired) electrons. The van der Waals surface area contributed by atoms with E-state index in [9.17, 15) is 4.79 Å². The predicted molar refractivity (Wildman–Crippen MR) is 164 cm³/mol. The third kappa shape index (κ3) is 4.66. The van der Waals surface area contributed by atoms with Gasteiger partial charge in [0.1, 0.15) is 11.2 Å². The maximum absolute atomic E-state index is 13.7. The molecule has 2 saturated carbocycles. The molecule has 4 aromatic heterocycles. The molecule has 2 N–H and O–H groups in total. The summed E-state index contributed by atoms with van der Waals surface area (Å²) in [6, 6.07) is 8.13. The number of fused-ring (bicyclic) bond motifs is 2. The molecular formula is C33H43N7O2. The first-order valence-electron chi connectivity index (χ1n) is 15.6. The summed E-state index contributed by atoms with van der Waals surface area (Å²) in [5, 5.41) is 1.07. The van der Waals surface area contributed by atoms with Gasteiger partial charge in [-0.15, -0.1) is 0 Å². The van der Waals surface area contributed by atoms with Gasteiger partial charge in [0.25, 0.3) is 5.91 Å². The standard InChI is InChI=1S/C33H43N7O2/c1-6-22-18-38(19(2)28(22)34)32(41)24-11-25-30(35-15-24)40(17-21-13-33(3,4)14-21)31(36-25)26-12-23-9-10-27(42-5)37-29(23)39(26)16-20-7-8-20/h9-12,15,19-22,28H,6-8,13-14,16-18,34H2,1-5H3/t19-,22-,28+/m1/s1. The van der Waals surface area contributed by atoms with Gasteiger partial charge >= 0.3 is 0 Å². The molecule has 42 heavy (non-hydrogen) atoms. The Balaban J connectivity index is 1.33. The van der Waals surface area contributed by atoms with E-state index in [1.54, 1.807) is 13.3 Å². The van der Waals surface area contributed by atoms with Crippen molar-refractivity contribution in [2.75, 3.05) is 13.7 Å². The molecular weight excluding hydrogens is 526 g/mol. The van der Waals surface area contributed by atoms with Crippen molar-refractivity contribution >= 4 is 28.1 Å². The fraction of sp³-hybridized carbons (Fsp3) is 0.576. The van der Waals surface area contributed by atoms with E-state index < -0.39 is 0 Å². The average molecular weight is 570 g/mol. The first kappa shape index (κ1) is 27.4. The lowest BCUT2D eigenvalue weighted by atomic mass is 9.64. The first-order valence-corrected chi connectivity index (χ1v) is 15.6. The van der Waals surface area contributed by atoms with Crippen molar-refractivity contribution in [1.29, 1.82) is 0 Å². The summed E-state index contributed by atoms with van der Waals surface area (Å²) in [7, 11) is 1.66. The molecule has 1 amide bonds. The van der Waals surface area contributed by atoms with Crippen LogP contribution in [0.3, 0.4) is 0 Å². The minimum Gasteiger partial charge on any atom is -0.481 e. The molecule has 0 bridgehead atoms. The number of hydrogen-bond acceptors (Lipinski definition) is 6. The van der Waals surface area contributed by atoms with Crippen LogP contribution in [0.5, 0.6) is 5.88 Å². The third-order valence-corrected chi connectivity index (χ3v) is 10.1. The zero-order valence-electron chi connectivity index (χ0n) is 25.5. The number of carbonyl (C=O) groups excluding carboxylic acids is 1. The van der Waals surface area contributed by atoms with Crippen LogP contribution in [-0.4, -0.2) is 60.6 Å². The number of amides is 1. The van der Waals surface area contributed by atoms with Gasteiger partial charge < -0.3 is 24.5 Å². The van der Waals surface area contributed by atoms with Crippen molar-refractivity contribution in [1.82, 2.24) is 29.0 Å². The molecule has 3 aliphatic rings. The highest BCUT2D eigenvalue weighted by Crippen LogP contribution is 2.46. The molecule has 3 fully saturated rings. The Kier molecular flexibility index (Phi) is 6.57. The third-order valence-electron chi connectivity index (χ3n) is 10.1. The van der Waals surface area contributed by atoms with Gasteiger partial charge in [0, 0.05) is 49.4 Å². The lowest BCUT2D eigenvalue weighted by molar-refractivity contribution is 0.0738. The summed E-state index contributed by atoms with van der Waals surface area (Å²) in [5.41, 5.74) is 11.0. The fourth-order valence-electron chi connectivity index (χ4n) is 7.52. The van der Waals surface area contributed by atoms with Crippen LogP contribution >= 0.6 is 0 Å². The second kappa shape index (κ2) is 10.1. The topological polar surface area (TPSA) is 104 Å². The molecule has 4 aromatic rings. The molecule has 3 atom stereocenters. The number of hydrogen-bond donors (Lipinski definition) is 1. The van der Waals surface area contributed by atoms with E-state index in [-0.39, 0.29) is 18.0 Å². The highest BCUT2D eigenvalue weighted by atomic mass is 16.5. The second-order valence-electron chi connectivity index (χ2n) is 13.8. The number of ether oxygens (including phenoxy) is 1. The Morgan fingerprint density at radius 2 is 1.83 bits per heavy atom. The van der Waals surface area contributed by atoms with Gasteiger partial charge in [-0.05, 0) is 74.0 Å². The van der Waals surface area contributed by atoms with Gasteiger partial charge in [0.15, 0.2) is 11.5 Å². The summed E-state index contributed by atoms with van der Waals surface area (Å²) in [4.78, 5) is 30.6. The average Bonchev–Trinajstić information content (AvgIpc) is 3.53. The van der Waals surface area contributed by atoms with E-state index in [1.807, 2.05) is 17.0 Å². The normalized spacial score (nSPS) is 24.0. The Bertz CT molecular complexity index is 1660. The monoisotopic (exact) mass is 569 g/mol. The minimum absolute atomic E-state index is 0.00383. The Morgan fingerprint density at radius 3 is 2.50 bits per heavy atom. The van der Waals surface area contributed by atoms with E-state index in [0.29, 0.717) is 41.2 Å². The van der Waals surface area contributed by atoms with Gasteiger partial charge in [0.05, 0.1) is 18.4 Å². The molecule has 7 rings (SSSR count). The number of pyridine rings is 2. The van der Waals surface area contributed by atoms with E-state index in [4.69, 9.17) is 25.4 Å². The van der Waals surface area contributed by atoms with Gasteiger partial charge in [-0.1, -0.05) is 27.2 Å². The van der Waals surface area contributed by atoms with Crippen molar-refractivity contribution in [3.05, 3.63) is 36.0 Å². The molecule has 0 unspecified atom stereocenters. The Labute approximate surface area is 247 Å². The zero-order chi connectivity index (χ0) is 29.3. The zero-order valence-corrected chi connectivity index (χ0v) is 25.5. The molecule has 9 nitrogen and oxygen atoms in total. The van der Waals surface area contributed by atoms with Gasteiger partial charge in [-0.2, -0.15) is 4.98 Å². The summed E-state index contributed by atoms with van der Waals surface area (Å²) < 4.78 is 10.1. The van der Waals surface area contributed by atoms with Crippen LogP contribution in [0.4, 0.5) is 0 Å². The van der Waals surface area contributed by atoms with Crippen molar-refractivity contribution in [3.63, 3.8) is 0 Å². The van der Waals surface area contributed by atoms with Crippen LogP contribution in [0.25, 0.3) is 33.7 Å². The molecule has 0 spiro atoms. The lowest BCUT2D eigenvalue weighted by Gasteiger charge is -2.43.